The minimum absolute atomic E-state index is 0.158. The molecule has 0 bridgehead atoms. The predicted octanol–water partition coefficient (Wildman–Crippen LogP) is 0.421. The first kappa shape index (κ1) is 13.2. The first-order chi connectivity index (χ1) is 9.19. The summed E-state index contributed by atoms with van der Waals surface area (Å²) in [5.74, 6) is 1.65. The number of hydrogen-bond donors (Lipinski definition) is 2. The Bertz CT molecular complexity index is 547. The predicted molar refractivity (Wildman–Crippen MR) is 65.4 cm³/mol. The number of nitrogens with zero attached hydrogens (tertiary/aromatic N) is 4. The summed E-state index contributed by atoms with van der Waals surface area (Å²) in [5.41, 5.74) is 0. The van der Waals surface area contributed by atoms with Crippen molar-refractivity contribution >= 4 is 5.91 Å². The Morgan fingerprint density at radius 1 is 1.37 bits per heavy atom. The molecule has 102 valence electrons. The lowest BCUT2D eigenvalue weighted by Crippen LogP contribution is -2.26. The summed E-state index contributed by atoms with van der Waals surface area (Å²) in [6.07, 6.45) is 2.22. The number of amides is 1. The molecular formula is C11H16N6O2. The zero-order valence-electron chi connectivity index (χ0n) is 10.9. The first-order valence-corrected chi connectivity index (χ1v) is 6.17. The van der Waals surface area contributed by atoms with Crippen molar-refractivity contribution < 1.29 is 9.32 Å². The van der Waals surface area contributed by atoms with Gasteiger partial charge in [0, 0.05) is 19.4 Å². The fraction of sp³-hybridized carbons (Fsp3) is 0.545. The summed E-state index contributed by atoms with van der Waals surface area (Å²) in [6, 6.07) is 0. The number of hydrogen-bond acceptors (Lipinski definition) is 6. The molecule has 0 fully saturated rings. The molecule has 2 aromatic rings. The van der Waals surface area contributed by atoms with Crippen molar-refractivity contribution in [2.75, 3.05) is 6.54 Å². The minimum atomic E-state index is -0.310. The lowest BCUT2D eigenvalue weighted by molar-refractivity contribution is 0.0943. The molecule has 1 amide bonds. The van der Waals surface area contributed by atoms with E-state index < -0.39 is 0 Å². The number of carbonyl (C=O) groups is 1. The molecule has 0 aliphatic heterocycles. The summed E-state index contributed by atoms with van der Waals surface area (Å²) >= 11 is 0. The maximum atomic E-state index is 11.7. The van der Waals surface area contributed by atoms with E-state index in [2.05, 4.69) is 30.6 Å². The van der Waals surface area contributed by atoms with Crippen molar-refractivity contribution in [2.24, 2.45) is 0 Å². The second-order valence-electron chi connectivity index (χ2n) is 4.10. The summed E-state index contributed by atoms with van der Waals surface area (Å²) < 4.78 is 4.94. The topological polar surface area (TPSA) is 110 Å². The van der Waals surface area contributed by atoms with Crippen molar-refractivity contribution in [3.8, 4) is 0 Å². The maximum Gasteiger partial charge on any atom is 0.290 e. The van der Waals surface area contributed by atoms with Crippen LogP contribution < -0.4 is 5.32 Å². The fourth-order valence-corrected chi connectivity index (χ4v) is 1.55. The van der Waals surface area contributed by atoms with Crippen molar-refractivity contribution in [1.29, 1.82) is 0 Å². The van der Waals surface area contributed by atoms with Crippen LogP contribution in [0.1, 0.15) is 41.5 Å². The second kappa shape index (κ2) is 6.07. The average Bonchev–Trinajstić information content (AvgIpc) is 2.99. The van der Waals surface area contributed by atoms with Gasteiger partial charge in [-0.05, 0) is 13.3 Å². The van der Waals surface area contributed by atoms with Gasteiger partial charge in [-0.1, -0.05) is 12.1 Å². The van der Waals surface area contributed by atoms with Crippen molar-refractivity contribution in [3.63, 3.8) is 0 Å². The monoisotopic (exact) mass is 264 g/mol. The number of carbonyl (C=O) groups excluding carboxylic acids is 1. The van der Waals surface area contributed by atoms with Gasteiger partial charge in [-0.15, -0.1) is 5.10 Å². The van der Waals surface area contributed by atoms with Crippen LogP contribution in [-0.4, -0.2) is 37.8 Å². The van der Waals surface area contributed by atoms with Gasteiger partial charge in [-0.2, -0.15) is 4.98 Å². The summed E-state index contributed by atoms with van der Waals surface area (Å²) in [5, 5.41) is 13.0. The molecule has 2 N–H and O–H groups in total. The number of H-pyrrole nitrogens is 1. The Balaban J connectivity index is 1.80. The molecule has 0 radical (unpaired) electrons. The van der Waals surface area contributed by atoms with Crippen molar-refractivity contribution in [3.05, 3.63) is 23.4 Å². The molecule has 19 heavy (non-hydrogen) atoms. The highest BCUT2D eigenvalue weighted by molar-refractivity contribution is 5.90. The highest BCUT2D eigenvalue weighted by Crippen LogP contribution is 1.98. The Kier molecular flexibility index (Phi) is 4.22. The van der Waals surface area contributed by atoms with E-state index in [1.165, 1.54) is 0 Å². The molecule has 2 rings (SSSR count). The standard InChI is InChI=1S/C11H16N6O2/c1-3-4-8-14-10(16-15-8)11(18)12-6-5-9-13-7(2)17-19-9/h3-6H2,1-2H3,(H,12,18)(H,14,15,16). The maximum absolute atomic E-state index is 11.7. The van der Waals surface area contributed by atoms with E-state index in [9.17, 15) is 4.79 Å². The number of nitrogens with one attached hydrogen (secondary N) is 2. The largest absolute Gasteiger partial charge is 0.349 e. The third kappa shape index (κ3) is 3.60. The Morgan fingerprint density at radius 2 is 2.21 bits per heavy atom. The summed E-state index contributed by atoms with van der Waals surface area (Å²) in [7, 11) is 0. The van der Waals surface area contributed by atoms with Crippen LogP contribution >= 0.6 is 0 Å². The molecule has 0 atom stereocenters. The third-order valence-corrected chi connectivity index (χ3v) is 2.42. The van der Waals surface area contributed by atoms with E-state index >= 15 is 0 Å². The van der Waals surface area contributed by atoms with E-state index in [0.29, 0.717) is 24.7 Å². The van der Waals surface area contributed by atoms with Gasteiger partial charge in [-0.25, -0.2) is 4.98 Å². The highest BCUT2D eigenvalue weighted by atomic mass is 16.5. The molecule has 0 spiro atoms. The van der Waals surface area contributed by atoms with Gasteiger partial charge < -0.3 is 9.84 Å². The van der Waals surface area contributed by atoms with Gasteiger partial charge in [-0.3, -0.25) is 9.89 Å². The summed E-state index contributed by atoms with van der Waals surface area (Å²) in [4.78, 5) is 19.9. The number of aromatic amines is 1. The number of rotatable bonds is 6. The van der Waals surface area contributed by atoms with E-state index in [-0.39, 0.29) is 11.7 Å². The highest BCUT2D eigenvalue weighted by Gasteiger charge is 2.12. The summed E-state index contributed by atoms with van der Waals surface area (Å²) in [6.45, 7) is 4.18. The van der Waals surface area contributed by atoms with E-state index in [1.807, 2.05) is 6.92 Å². The lowest BCUT2D eigenvalue weighted by atomic mass is 10.3. The molecule has 8 heteroatoms. The smallest absolute Gasteiger partial charge is 0.290 e. The van der Waals surface area contributed by atoms with Crippen molar-refractivity contribution in [1.82, 2.24) is 30.6 Å². The number of aryl methyl sites for hydroxylation is 2. The average molecular weight is 264 g/mol. The van der Waals surface area contributed by atoms with Gasteiger partial charge in [0.1, 0.15) is 5.82 Å². The molecule has 0 aliphatic carbocycles. The minimum Gasteiger partial charge on any atom is -0.349 e. The zero-order chi connectivity index (χ0) is 13.7. The normalized spacial score (nSPS) is 10.6. The molecule has 0 unspecified atom stereocenters. The van der Waals surface area contributed by atoms with Gasteiger partial charge in [0.15, 0.2) is 5.82 Å². The van der Waals surface area contributed by atoms with Crippen LogP contribution in [0.15, 0.2) is 4.52 Å². The van der Waals surface area contributed by atoms with Crippen LogP contribution in [0.4, 0.5) is 0 Å². The van der Waals surface area contributed by atoms with Crippen molar-refractivity contribution in [2.45, 2.75) is 33.1 Å². The SMILES string of the molecule is CCCc1nc(C(=O)NCCc2nc(C)no2)n[nH]1. The fourth-order valence-electron chi connectivity index (χ4n) is 1.55. The quantitative estimate of drug-likeness (QED) is 0.782. The third-order valence-electron chi connectivity index (χ3n) is 2.42. The second-order valence-corrected chi connectivity index (χ2v) is 4.10. The van der Waals surface area contributed by atoms with Gasteiger partial charge in [0.05, 0.1) is 0 Å². The number of aromatic nitrogens is 5. The van der Waals surface area contributed by atoms with Gasteiger partial charge in [0.25, 0.3) is 5.91 Å². The molecule has 2 heterocycles. The van der Waals surface area contributed by atoms with Crippen LogP contribution in [0.3, 0.4) is 0 Å². The Morgan fingerprint density at radius 3 is 2.89 bits per heavy atom. The van der Waals surface area contributed by atoms with Crippen LogP contribution in [-0.2, 0) is 12.8 Å². The van der Waals surface area contributed by atoms with Crippen LogP contribution in [0.5, 0.6) is 0 Å². The lowest BCUT2D eigenvalue weighted by Gasteiger charge is -1.98. The molecule has 2 aromatic heterocycles. The first-order valence-electron chi connectivity index (χ1n) is 6.17. The molecule has 0 saturated carbocycles. The van der Waals surface area contributed by atoms with Crippen LogP contribution in [0.2, 0.25) is 0 Å². The molecular weight excluding hydrogens is 248 g/mol. The van der Waals surface area contributed by atoms with Crippen LogP contribution in [0.25, 0.3) is 0 Å². The van der Waals surface area contributed by atoms with Gasteiger partial charge in [0.2, 0.25) is 11.7 Å². The van der Waals surface area contributed by atoms with E-state index in [0.717, 1.165) is 18.7 Å². The Hall–Kier alpha value is -2.25. The molecule has 8 nitrogen and oxygen atoms in total. The van der Waals surface area contributed by atoms with Crippen LogP contribution in [0, 0.1) is 6.92 Å². The molecule has 0 saturated heterocycles. The van der Waals surface area contributed by atoms with Gasteiger partial charge >= 0.3 is 0 Å². The Labute approximate surface area is 110 Å². The zero-order valence-corrected chi connectivity index (χ0v) is 10.9. The molecule has 0 aliphatic rings. The van der Waals surface area contributed by atoms with E-state index in [1.54, 1.807) is 6.92 Å². The molecule has 0 aromatic carbocycles. The van der Waals surface area contributed by atoms with E-state index in [4.69, 9.17) is 4.52 Å².